The van der Waals surface area contributed by atoms with Crippen molar-refractivity contribution in [2.45, 2.75) is 26.2 Å². The van der Waals surface area contributed by atoms with Crippen LogP contribution in [-0.2, 0) is 12.8 Å². The minimum atomic E-state index is -0.185. The van der Waals surface area contributed by atoms with Gasteiger partial charge in [0.1, 0.15) is 11.1 Å². The van der Waals surface area contributed by atoms with Crippen LogP contribution in [0, 0.1) is 17.2 Å². The summed E-state index contributed by atoms with van der Waals surface area (Å²) >= 11 is 4.94. The number of carbonyl (C=O) groups is 1. The second-order valence-electron chi connectivity index (χ2n) is 5.60. The quantitative estimate of drug-likeness (QED) is 0.823. The third kappa shape index (κ3) is 2.81. The van der Waals surface area contributed by atoms with Crippen molar-refractivity contribution in [3.63, 3.8) is 0 Å². The van der Waals surface area contributed by atoms with Gasteiger partial charge in [0, 0.05) is 9.35 Å². The molecule has 3 rings (SSSR count). The van der Waals surface area contributed by atoms with Crippen LogP contribution in [-0.4, -0.2) is 5.91 Å². The van der Waals surface area contributed by atoms with Crippen molar-refractivity contribution in [1.82, 2.24) is 0 Å². The van der Waals surface area contributed by atoms with Gasteiger partial charge in [-0.1, -0.05) is 19.1 Å². The van der Waals surface area contributed by atoms with E-state index in [-0.39, 0.29) is 5.91 Å². The Kier molecular flexibility index (Phi) is 4.32. The highest BCUT2D eigenvalue weighted by Gasteiger charge is 2.25. The fourth-order valence-electron chi connectivity index (χ4n) is 2.78. The van der Waals surface area contributed by atoms with Crippen LogP contribution in [0.2, 0.25) is 0 Å². The Balaban J connectivity index is 1.92. The van der Waals surface area contributed by atoms with E-state index in [2.05, 4.69) is 34.2 Å². The number of nitriles is 1. The van der Waals surface area contributed by atoms with E-state index in [1.807, 2.05) is 18.2 Å². The molecular formula is C17H15BrN2OS. The largest absolute Gasteiger partial charge is 0.312 e. The summed E-state index contributed by atoms with van der Waals surface area (Å²) in [6, 6.07) is 9.57. The lowest BCUT2D eigenvalue weighted by Crippen LogP contribution is -2.13. The van der Waals surface area contributed by atoms with Crippen molar-refractivity contribution >= 4 is 38.2 Å². The van der Waals surface area contributed by atoms with Gasteiger partial charge in [0.05, 0.1) is 11.1 Å². The zero-order valence-corrected chi connectivity index (χ0v) is 14.6. The zero-order valence-electron chi connectivity index (χ0n) is 12.1. The van der Waals surface area contributed by atoms with E-state index in [1.165, 1.54) is 4.88 Å². The van der Waals surface area contributed by atoms with Crippen molar-refractivity contribution in [2.24, 2.45) is 5.92 Å². The molecule has 0 saturated heterocycles. The van der Waals surface area contributed by atoms with Gasteiger partial charge in [0.25, 0.3) is 5.91 Å². The minimum absolute atomic E-state index is 0.185. The number of nitrogens with one attached hydrogen (secondary N) is 1. The zero-order chi connectivity index (χ0) is 15.7. The molecule has 0 fully saturated rings. The van der Waals surface area contributed by atoms with Gasteiger partial charge >= 0.3 is 0 Å². The third-order valence-electron chi connectivity index (χ3n) is 3.96. The second-order valence-corrected chi connectivity index (χ2v) is 7.56. The number of fused-ring (bicyclic) bond motifs is 1. The molecule has 1 aromatic heterocycles. The Morgan fingerprint density at radius 3 is 2.95 bits per heavy atom. The highest BCUT2D eigenvalue weighted by atomic mass is 79.9. The van der Waals surface area contributed by atoms with Crippen molar-refractivity contribution in [3.8, 4) is 6.07 Å². The average molecular weight is 375 g/mol. The summed E-state index contributed by atoms with van der Waals surface area (Å²) in [7, 11) is 0. The summed E-state index contributed by atoms with van der Waals surface area (Å²) in [5.41, 5.74) is 2.35. The molecule has 1 heterocycles. The van der Waals surface area contributed by atoms with E-state index in [1.54, 1.807) is 17.4 Å². The number of anilines is 1. The van der Waals surface area contributed by atoms with E-state index in [0.29, 0.717) is 22.0 Å². The lowest BCUT2D eigenvalue weighted by Gasteiger charge is -2.17. The van der Waals surface area contributed by atoms with Crippen molar-refractivity contribution < 1.29 is 4.79 Å². The molecule has 22 heavy (non-hydrogen) atoms. The number of amides is 1. The molecule has 1 N–H and O–H groups in total. The molecule has 2 aromatic rings. The second kappa shape index (κ2) is 6.23. The minimum Gasteiger partial charge on any atom is -0.312 e. The highest BCUT2D eigenvalue weighted by molar-refractivity contribution is 9.10. The smallest absolute Gasteiger partial charge is 0.257 e. The van der Waals surface area contributed by atoms with Crippen LogP contribution in [0.1, 0.15) is 39.7 Å². The van der Waals surface area contributed by atoms with E-state index < -0.39 is 0 Å². The Morgan fingerprint density at radius 2 is 2.23 bits per heavy atom. The fraction of sp³-hybridized carbons (Fsp3) is 0.294. The van der Waals surface area contributed by atoms with Crippen molar-refractivity contribution in [2.75, 3.05) is 5.32 Å². The molecule has 1 atom stereocenters. The molecule has 0 radical (unpaired) electrons. The first-order valence-corrected chi connectivity index (χ1v) is 8.81. The Hall–Kier alpha value is -1.64. The number of carbonyl (C=O) groups excluding carboxylic acids is 1. The Labute approximate surface area is 142 Å². The molecule has 112 valence electrons. The van der Waals surface area contributed by atoms with Crippen LogP contribution in [0.3, 0.4) is 0 Å². The van der Waals surface area contributed by atoms with Crippen LogP contribution < -0.4 is 5.32 Å². The number of thiophene rings is 1. The lowest BCUT2D eigenvalue weighted by atomic mass is 9.88. The SMILES string of the molecule is C[C@@H]1CCc2sc(NC(=O)c3ccccc3Br)c(C#N)c2C1. The number of benzene rings is 1. The summed E-state index contributed by atoms with van der Waals surface area (Å²) in [5, 5.41) is 13.1. The average Bonchev–Trinajstić information content (AvgIpc) is 2.83. The first kappa shape index (κ1) is 15.3. The first-order chi connectivity index (χ1) is 10.6. The molecule has 1 amide bonds. The van der Waals surface area contributed by atoms with Crippen LogP contribution >= 0.6 is 27.3 Å². The molecule has 5 heteroatoms. The maximum Gasteiger partial charge on any atom is 0.257 e. The van der Waals surface area contributed by atoms with Gasteiger partial charge in [0.15, 0.2) is 0 Å². The standard InChI is InChI=1S/C17H15BrN2OS/c1-10-6-7-15-12(8-10)13(9-19)17(22-15)20-16(21)11-4-2-3-5-14(11)18/h2-5,10H,6-8H2,1H3,(H,20,21)/t10-/m1/s1. The van der Waals surface area contributed by atoms with Gasteiger partial charge in [0.2, 0.25) is 0 Å². The molecule has 1 aromatic carbocycles. The first-order valence-electron chi connectivity index (χ1n) is 7.20. The van der Waals surface area contributed by atoms with Gasteiger partial charge < -0.3 is 5.32 Å². The third-order valence-corrected chi connectivity index (χ3v) is 5.86. The van der Waals surface area contributed by atoms with Crippen LogP contribution in [0.25, 0.3) is 0 Å². The molecule has 1 aliphatic rings. The van der Waals surface area contributed by atoms with Crippen LogP contribution in [0.15, 0.2) is 28.7 Å². The molecular weight excluding hydrogens is 360 g/mol. The Bertz CT molecular complexity index is 775. The van der Waals surface area contributed by atoms with Gasteiger partial charge in [-0.25, -0.2) is 0 Å². The van der Waals surface area contributed by atoms with Gasteiger partial charge in [-0.2, -0.15) is 5.26 Å². The monoisotopic (exact) mass is 374 g/mol. The molecule has 3 nitrogen and oxygen atoms in total. The number of nitrogens with zero attached hydrogens (tertiary/aromatic N) is 1. The maximum absolute atomic E-state index is 12.4. The maximum atomic E-state index is 12.4. The topological polar surface area (TPSA) is 52.9 Å². The van der Waals surface area contributed by atoms with E-state index in [9.17, 15) is 10.1 Å². The lowest BCUT2D eigenvalue weighted by molar-refractivity contribution is 0.102. The number of halogens is 1. The molecule has 0 aliphatic heterocycles. The fourth-order valence-corrected chi connectivity index (χ4v) is 4.43. The molecule has 0 unspecified atom stereocenters. The molecule has 0 spiro atoms. The van der Waals surface area contributed by atoms with Crippen molar-refractivity contribution in [1.29, 1.82) is 5.26 Å². The van der Waals surface area contributed by atoms with Crippen LogP contribution in [0.4, 0.5) is 5.00 Å². The number of rotatable bonds is 2. The van der Waals surface area contributed by atoms with Gasteiger partial charge in [-0.15, -0.1) is 11.3 Å². The molecule has 0 saturated carbocycles. The summed E-state index contributed by atoms with van der Waals surface area (Å²) in [6.45, 7) is 2.21. The summed E-state index contributed by atoms with van der Waals surface area (Å²) in [6.07, 6.45) is 3.08. The summed E-state index contributed by atoms with van der Waals surface area (Å²) in [4.78, 5) is 13.7. The van der Waals surface area contributed by atoms with Gasteiger partial charge in [-0.3, -0.25) is 4.79 Å². The number of hydrogen-bond donors (Lipinski definition) is 1. The highest BCUT2D eigenvalue weighted by Crippen LogP contribution is 2.39. The van der Waals surface area contributed by atoms with Crippen LogP contribution in [0.5, 0.6) is 0 Å². The van der Waals surface area contributed by atoms with E-state index >= 15 is 0 Å². The predicted molar refractivity (Wildman–Crippen MR) is 92.3 cm³/mol. The summed E-state index contributed by atoms with van der Waals surface area (Å²) < 4.78 is 0.751. The molecule has 0 bridgehead atoms. The Morgan fingerprint density at radius 1 is 1.45 bits per heavy atom. The number of hydrogen-bond acceptors (Lipinski definition) is 3. The summed E-state index contributed by atoms with van der Waals surface area (Å²) in [5.74, 6) is 0.414. The van der Waals surface area contributed by atoms with E-state index in [0.717, 1.165) is 29.3 Å². The van der Waals surface area contributed by atoms with Crippen molar-refractivity contribution in [3.05, 3.63) is 50.3 Å². The normalized spacial score (nSPS) is 16.7. The molecule has 1 aliphatic carbocycles. The predicted octanol–water partition coefficient (Wildman–Crippen LogP) is 4.76. The van der Waals surface area contributed by atoms with Gasteiger partial charge in [-0.05, 0) is 58.8 Å². The van der Waals surface area contributed by atoms with E-state index in [4.69, 9.17) is 0 Å². The number of aryl methyl sites for hydroxylation is 1.